The van der Waals surface area contributed by atoms with Gasteiger partial charge < -0.3 is 5.32 Å². The van der Waals surface area contributed by atoms with E-state index in [9.17, 15) is 17.4 Å². The first-order valence-electron chi connectivity index (χ1n) is 5.70. The number of pyridine rings is 1. The van der Waals surface area contributed by atoms with E-state index >= 15 is 0 Å². The lowest BCUT2D eigenvalue weighted by Gasteiger charge is -2.24. The zero-order valence-corrected chi connectivity index (χ0v) is 12.2. The van der Waals surface area contributed by atoms with Crippen molar-refractivity contribution in [3.8, 4) is 0 Å². The number of aromatic nitrogens is 1. The van der Waals surface area contributed by atoms with Crippen LogP contribution in [0.15, 0.2) is 16.7 Å². The maximum absolute atomic E-state index is 12.9. The molecule has 0 aromatic carbocycles. The fraction of sp³-hybridized carbons (Fsp3) is 0.545. The number of anilines is 1. The molecule has 0 amide bonds. The lowest BCUT2D eigenvalue weighted by atomic mass is 10.1. The Labute approximate surface area is 119 Å². The van der Waals surface area contributed by atoms with Gasteiger partial charge in [-0.25, -0.2) is 4.98 Å². The van der Waals surface area contributed by atoms with Gasteiger partial charge in [-0.2, -0.15) is 13.2 Å². The summed E-state index contributed by atoms with van der Waals surface area (Å²) < 4.78 is 50.2. The van der Waals surface area contributed by atoms with Crippen molar-refractivity contribution in [1.82, 2.24) is 4.98 Å². The second kappa shape index (κ2) is 5.78. The number of rotatable bonds is 2. The summed E-state index contributed by atoms with van der Waals surface area (Å²) >= 11 is 2.99. The van der Waals surface area contributed by atoms with E-state index in [0.717, 1.165) is 6.07 Å². The molecule has 0 saturated carbocycles. The molecule has 0 atom stereocenters. The van der Waals surface area contributed by atoms with Crippen molar-refractivity contribution in [3.05, 3.63) is 22.3 Å². The molecule has 1 aliphatic heterocycles. The molecule has 1 aromatic rings. The molecule has 2 rings (SSSR count). The van der Waals surface area contributed by atoms with Gasteiger partial charge in [-0.1, -0.05) is 0 Å². The van der Waals surface area contributed by atoms with Crippen LogP contribution >= 0.6 is 15.9 Å². The topological polar surface area (TPSA) is 42.0 Å². The van der Waals surface area contributed by atoms with Crippen LogP contribution in [0, 0.1) is 0 Å². The minimum absolute atomic E-state index is 0.104. The van der Waals surface area contributed by atoms with E-state index in [2.05, 4.69) is 26.2 Å². The highest BCUT2D eigenvalue weighted by atomic mass is 79.9. The van der Waals surface area contributed by atoms with Crippen LogP contribution in [-0.2, 0) is 17.0 Å². The highest BCUT2D eigenvalue weighted by Gasteiger charge is 2.35. The Hall–Kier alpha value is -0.630. The Morgan fingerprint density at radius 3 is 2.58 bits per heavy atom. The number of nitrogens with one attached hydrogen (secondary N) is 1. The van der Waals surface area contributed by atoms with Crippen molar-refractivity contribution in [1.29, 1.82) is 0 Å². The summed E-state index contributed by atoms with van der Waals surface area (Å²) in [6, 6.07) is 0.906. The molecular weight excluding hydrogens is 345 g/mol. The van der Waals surface area contributed by atoms with Crippen LogP contribution in [0.4, 0.5) is 19.0 Å². The highest BCUT2D eigenvalue weighted by molar-refractivity contribution is 9.10. The predicted molar refractivity (Wildman–Crippen MR) is 71.5 cm³/mol. The summed E-state index contributed by atoms with van der Waals surface area (Å²) in [6.45, 7) is 0. The molecule has 0 aliphatic carbocycles. The molecule has 0 radical (unpaired) electrons. The van der Waals surface area contributed by atoms with Crippen LogP contribution in [0.2, 0.25) is 0 Å². The van der Waals surface area contributed by atoms with E-state index < -0.39 is 22.5 Å². The van der Waals surface area contributed by atoms with Gasteiger partial charge in [-0.15, -0.1) is 0 Å². The summed E-state index contributed by atoms with van der Waals surface area (Å²) in [5.41, 5.74) is -0.784. The van der Waals surface area contributed by atoms with Gasteiger partial charge in [0.25, 0.3) is 0 Å². The third kappa shape index (κ3) is 3.92. The molecule has 0 unspecified atom stereocenters. The second-order valence-electron chi connectivity index (χ2n) is 4.31. The lowest BCUT2D eigenvalue weighted by molar-refractivity contribution is -0.137. The van der Waals surface area contributed by atoms with Gasteiger partial charge in [0.2, 0.25) is 0 Å². The van der Waals surface area contributed by atoms with Crippen molar-refractivity contribution in [2.24, 2.45) is 0 Å². The van der Waals surface area contributed by atoms with E-state index in [1.54, 1.807) is 0 Å². The van der Waals surface area contributed by atoms with E-state index in [4.69, 9.17) is 0 Å². The smallest absolute Gasteiger partial charge is 0.367 e. The Morgan fingerprint density at radius 2 is 2.00 bits per heavy atom. The van der Waals surface area contributed by atoms with Crippen molar-refractivity contribution >= 4 is 32.5 Å². The van der Waals surface area contributed by atoms with Gasteiger partial charge >= 0.3 is 6.18 Å². The van der Waals surface area contributed by atoms with E-state index in [-0.39, 0.29) is 16.3 Å². The fourth-order valence-corrected chi connectivity index (χ4v) is 3.53. The molecular formula is C11H12BrF3N2OS. The molecule has 1 aromatic heterocycles. The summed E-state index contributed by atoms with van der Waals surface area (Å²) in [4.78, 5) is 3.80. The van der Waals surface area contributed by atoms with Gasteiger partial charge in [0.1, 0.15) is 5.82 Å². The van der Waals surface area contributed by atoms with Gasteiger partial charge in [-0.3, -0.25) is 4.21 Å². The van der Waals surface area contributed by atoms with Crippen molar-refractivity contribution in [2.75, 3.05) is 16.8 Å². The molecule has 0 spiro atoms. The normalized spacial score (nSPS) is 24.2. The third-order valence-corrected chi connectivity index (χ3v) is 4.70. The minimum atomic E-state index is -4.45. The van der Waals surface area contributed by atoms with Gasteiger partial charge in [0.15, 0.2) is 0 Å². The summed E-state index contributed by atoms with van der Waals surface area (Å²) in [6.07, 6.45) is -1.92. The number of hydrogen-bond donors (Lipinski definition) is 1. The molecule has 0 bridgehead atoms. The third-order valence-electron chi connectivity index (χ3n) is 2.89. The predicted octanol–water partition coefficient (Wildman–Crippen LogP) is 3.19. The first-order chi connectivity index (χ1) is 8.86. The fourth-order valence-electron chi connectivity index (χ4n) is 1.90. The van der Waals surface area contributed by atoms with Crippen molar-refractivity contribution in [3.63, 3.8) is 0 Å². The summed E-state index contributed by atoms with van der Waals surface area (Å²) in [5.74, 6) is 0.888. The number of nitrogens with zero attached hydrogens (tertiary/aromatic N) is 1. The minimum Gasteiger partial charge on any atom is -0.367 e. The van der Waals surface area contributed by atoms with Gasteiger partial charge in [0, 0.05) is 39.0 Å². The molecule has 106 valence electrons. The first-order valence-corrected chi connectivity index (χ1v) is 7.98. The number of halogens is 4. The van der Waals surface area contributed by atoms with E-state index in [0.29, 0.717) is 24.3 Å². The monoisotopic (exact) mass is 356 g/mol. The van der Waals surface area contributed by atoms with Crippen LogP contribution in [-0.4, -0.2) is 26.7 Å². The highest BCUT2D eigenvalue weighted by Crippen LogP contribution is 2.35. The van der Waals surface area contributed by atoms with Crippen molar-refractivity contribution < 1.29 is 17.4 Å². The molecule has 1 fully saturated rings. The average molecular weight is 357 g/mol. The SMILES string of the molecule is O=S1CCC(Nc2ncc(Br)cc2C(F)(F)F)CC1. The summed E-state index contributed by atoms with van der Waals surface area (Å²) in [7, 11) is -0.835. The molecule has 8 heteroatoms. The molecule has 1 aliphatic rings. The van der Waals surface area contributed by atoms with Crippen LogP contribution in [0.1, 0.15) is 18.4 Å². The van der Waals surface area contributed by atoms with Crippen LogP contribution in [0.25, 0.3) is 0 Å². The van der Waals surface area contributed by atoms with Crippen molar-refractivity contribution in [2.45, 2.75) is 25.1 Å². The Kier molecular flexibility index (Phi) is 4.50. The zero-order chi connectivity index (χ0) is 14.0. The standard InChI is InChI=1S/C11H12BrF3N2OS/c12-7-5-9(11(13,14)15)10(16-6-7)17-8-1-3-19(18)4-2-8/h5-6,8H,1-4H2,(H,16,17). The summed E-state index contributed by atoms with van der Waals surface area (Å²) in [5, 5.41) is 2.82. The quantitative estimate of drug-likeness (QED) is 0.884. The largest absolute Gasteiger partial charge is 0.419 e. The maximum atomic E-state index is 12.9. The van der Waals surface area contributed by atoms with Gasteiger partial charge in [-0.05, 0) is 34.8 Å². The molecule has 3 nitrogen and oxygen atoms in total. The first kappa shape index (κ1) is 14.8. The van der Waals surface area contributed by atoms with Crippen LogP contribution < -0.4 is 5.32 Å². The molecule has 2 heterocycles. The zero-order valence-electron chi connectivity index (χ0n) is 9.84. The second-order valence-corrected chi connectivity index (χ2v) is 6.93. The molecule has 1 saturated heterocycles. The van der Waals surface area contributed by atoms with E-state index in [1.165, 1.54) is 6.20 Å². The molecule has 19 heavy (non-hydrogen) atoms. The maximum Gasteiger partial charge on any atom is 0.419 e. The lowest BCUT2D eigenvalue weighted by Crippen LogP contribution is -2.30. The molecule has 1 N–H and O–H groups in total. The number of hydrogen-bond acceptors (Lipinski definition) is 3. The Morgan fingerprint density at radius 1 is 1.37 bits per heavy atom. The Bertz CT molecular complexity index is 485. The van der Waals surface area contributed by atoms with Gasteiger partial charge in [0.05, 0.1) is 5.56 Å². The number of alkyl halides is 3. The van der Waals surface area contributed by atoms with E-state index in [1.807, 2.05) is 0 Å². The average Bonchev–Trinajstić information content (AvgIpc) is 2.33. The Balaban J connectivity index is 2.18. The van der Waals surface area contributed by atoms with Crippen LogP contribution in [0.3, 0.4) is 0 Å². The van der Waals surface area contributed by atoms with Crippen LogP contribution in [0.5, 0.6) is 0 Å².